The Morgan fingerprint density at radius 2 is 1.52 bits per heavy atom. The third-order valence-electron chi connectivity index (χ3n) is 3.60. The number of nitrogens with zero attached hydrogens (tertiary/aromatic N) is 4. The second kappa shape index (κ2) is 5.90. The van der Waals surface area contributed by atoms with Gasteiger partial charge in [-0.1, -0.05) is 36.4 Å². The van der Waals surface area contributed by atoms with Crippen molar-refractivity contribution >= 4 is 11.1 Å². The molecule has 0 N–H and O–H groups in total. The Morgan fingerprint density at radius 1 is 0.826 bits per heavy atom. The van der Waals surface area contributed by atoms with Gasteiger partial charge in [0.1, 0.15) is 23.8 Å². The molecule has 1 aromatic carbocycles. The van der Waals surface area contributed by atoms with E-state index in [2.05, 4.69) is 0 Å². The van der Waals surface area contributed by atoms with Crippen molar-refractivity contribution in [3.8, 4) is 29.3 Å². The molecule has 0 unspecified atom stereocenters. The summed E-state index contributed by atoms with van der Waals surface area (Å²) >= 11 is 0. The highest BCUT2D eigenvalue weighted by atomic mass is 14.9. The minimum absolute atomic E-state index is 0.0996. The van der Waals surface area contributed by atoms with E-state index in [-0.39, 0.29) is 11.1 Å². The fourth-order valence-corrected chi connectivity index (χ4v) is 2.60. The Morgan fingerprint density at radius 3 is 2.17 bits per heavy atom. The van der Waals surface area contributed by atoms with Gasteiger partial charge in [-0.2, -0.15) is 15.8 Å². The molecule has 4 heteroatoms. The van der Waals surface area contributed by atoms with Crippen molar-refractivity contribution < 1.29 is 0 Å². The van der Waals surface area contributed by atoms with Gasteiger partial charge < -0.3 is 4.40 Å². The number of fused-ring (bicyclic) bond motifs is 1. The van der Waals surface area contributed by atoms with Crippen LogP contribution in [0.5, 0.6) is 0 Å². The molecule has 0 atom stereocenters. The summed E-state index contributed by atoms with van der Waals surface area (Å²) in [5.41, 5.74) is 3.05. The summed E-state index contributed by atoms with van der Waals surface area (Å²) in [5.74, 6) is 0. The quantitative estimate of drug-likeness (QED) is 0.672. The summed E-state index contributed by atoms with van der Waals surface area (Å²) in [5, 5.41) is 27.9. The molecule has 0 amide bonds. The molecule has 23 heavy (non-hydrogen) atoms. The van der Waals surface area contributed by atoms with E-state index in [1.54, 1.807) is 0 Å². The molecule has 0 bridgehead atoms. The minimum atomic E-state index is -0.179. The monoisotopic (exact) mass is 294 g/mol. The number of allylic oxidation sites excluding steroid dienone is 2. The first-order valence-corrected chi connectivity index (χ1v) is 6.90. The zero-order valence-corrected chi connectivity index (χ0v) is 12.1. The Balaban J connectivity index is 2.45. The van der Waals surface area contributed by atoms with Crippen molar-refractivity contribution in [3.05, 3.63) is 72.1 Å². The molecule has 0 radical (unpaired) electrons. The van der Waals surface area contributed by atoms with Crippen molar-refractivity contribution in [1.82, 2.24) is 4.40 Å². The predicted octanol–water partition coefficient (Wildman–Crippen LogP) is 3.93. The summed E-state index contributed by atoms with van der Waals surface area (Å²) in [7, 11) is 0. The molecule has 0 saturated heterocycles. The second-order valence-electron chi connectivity index (χ2n) is 4.86. The maximum Gasteiger partial charge on any atom is 0.148 e. The number of nitriles is 3. The van der Waals surface area contributed by atoms with Crippen molar-refractivity contribution in [2.45, 2.75) is 0 Å². The van der Waals surface area contributed by atoms with E-state index < -0.39 is 0 Å². The molecule has 3 rings (SSSR count). The van der Waals surface area contributed by atoms with Crippen LogP contribution in [0.2, 0.25) is 0 Å². The SMILES string of the molecule is N#CC(C#N)=C(C#N)c1c(-c2ccccc2)cn2ccccc12. The van der Waals surface area contributed by atoms with Gasteiger partial charge in [-0.15, -0.1) is 0 Å². The number of hydrogen-bond acceptors (Lipinski definition) is 3. The highest BCUT2D eigenvalue weighted by molar-refractivity contribution is 5.98. The lowest BCUT2D eigenvalue weighted by molar-refractivity contribution is 1.20. The highest BCUT2D eigenvalue weighted by Crippen LogP contribution is 2.35. The van der Waals surface area contributed by atoms with E-state index in [9.17, 15) is 15.8 Å². The van der Waals surface area contributed by atoms with Crippen LogP contribution >= 0.6 is 0 Å². The number of aromatic nitrogens is 1. The smallest absolute Gasteiger partial charge is 0.148 e. The van der Waals surface area contributed by atoms with Crippen LogP contribution in [0.25, 0.3) is 22.2 Å². The maximum atomic E-state index is 9.54. The first-order valence-electron chi connectivity index (χ1n) is 6.90. The van der Waals surface area contributed by atoms with Crippen LogP contribution in [0, 0.1) is 34.0 Å². The molecule has 0 aliphatic heterocycles. The summed E-state index contributed by atoms with van der Waals surface area (Å²) in [6.07, 6.45) is 3.78. The minimum Gasteiger partial charge on any atom is -0.323 e. The van der Waals surface area contributed by atoms with E-state index >= 15 is 0 Å². The lowest BCUT2D eigenvalue weighted by Gasteiger charge is -2.04. The van der Waals surface area contributed by atoms with Crippen molar-refractivity contribution in [1.29, 1.82) is 15.8 Å². The van der Waals surface area contributed by atoms with Gasteiger partial charge in [-0.25, -0.2) is 0 Å². The molecule has 2 aromatic heterocycles. The summed E-state index contributed by atoms with van der Waals surface area (Å²) in [4.78, 5) is 0. The van der Waals surface area contributed by atoms with E-state index in [4.69, 9.17) is 0 Å². The van der Waals surface area contributed by atoms with Crippen LogP contribution in [0.1, 0.15) is 5.56 Å². The largest absolute Gasteiger partial charge is 0.323 e. The fraction of sp³-hybridized carbons (Fsp3) is 0. The number of benzene rings is 1. The van der Waals surface area contributed by atoms with Gasteiger partial charge in [0.2, 0.25) is 0 Å². The number of rotatable bonds is 2. The molecule has 0 spiro atoms. The van der Waals surface area contributed by atoms with E-state index in [0.717, 1.165) is 16.6 Å². The summed E-state index contributed by atoms with van der Waals surface area (Å²) in [6, 6.07) is 20.9. The Labute approximate surface area is 133 Å². The van der Waals surface area contributed by atoms with Gasteiger partial charge in [-0.3, -0.25) is 0 Å². The van der Waals surface area contributed by atoms with E-state index in [1.807, 2.05) is 83.5 Å². The van der Waals surface area contributed by atoms with Crippen molar-refractivity contribution in [3.63, 3.8) is 0 Å². The van der Waals surface area contributed by atoms with Gasteiger partial charge in [0.15, 0.2) is 0 Å². The van der Waals surface area contributed by atoms with Crippen LogP contribution in [-0.4, -0.2) is 4.40 Å². The summed E-state index contributed by atoms with van der Waals surface area (Å²) < 4.78 is 1.89. The Bertz CT molecular complexity index is 1020. The number of hydrogen-bond donors (Lipinski definition) is 0. The fourth-order valence-electron chi connectivity index (χ4n) is 2.60. The second-order valence-corrected chi connectivity index (χ2v) is 4.86. The van der Waals surface area contributed by atoms with Gasteiger partial charge in [0, 0.05) is 23.5 Å². The molecular formula is C19H10N4. The normalized spacial score (nSPS) is 9.61. The zero-order valence-electron chi connectivity index (χ0n) is 12.1. The van der Waals surface area contributed by atoms with Gasteiger partial charge in [0.25, 0.3) is 0 Å². The number of pyridine rings is 1. The topological polar surface area (TPSA) is 75.8 Å². The third kappa shape index (κ3) is 2.33. The van der Waals surface area contributed by atoms with Gasteiger partial charge in [0.05, 0.1) is 11.1 Å². The molecule has 2 heterocycles. The first-order chi connectivity index (χ1) is 11.3. The van der Waals surface area contributed by atoms with Crippen LogP contribution in [0.3, 0.4) is 0 Å². The Hall–Kier alpha value is -3.81. The van der Waals surface area contributed by atoms with Gasteiger partial charge in [-0.05, 0) is 17.7 Å². The molecule has 0 saturated carbocycles. The molecule has 0 aliphatic rings. The van der Waals surface area contributed by atoms with Gasteiger partial charge >= 0.3 is 0 Å². The summed E-state index contributed by atoms with van der Waals surface area (Å²) in [6.45, 7) is 0. The molecular weight excluding hydrogens is 284 g/mol. The molecule has 4 nitrogen and oxygen atoms in total. The highest BCUT2D eigenvalue weighted by Gasteiger charge is 2.19. The average molecular weight is 294 g/mol. The molecule has 0 fully saturated rings. The standard InChI is InChI=1S/C19H10N4/c20-10-15(11-21)16(12-22)19-17(14-6-2-1-3-7-14)13-23-9-5-4-8-18(19)23/h1-9,13H. The molecule has 106 valence electrons. The molecule has 0 aliphatic carbocycles. The van der Waals surface area contributed by atoms with Crippen LogP contribution in [0.15, 0.2) is 66.5 Å². The van der Waals surface area contributed by atoms with Crippen molar-refractivity contribution in [2.75, 3.05) is 0 Å². The van der Waals surface area contributed by atoms with E-state index in [1.165, 1.54) is 0 Å². The predicted molar refractivity (Wildman–Crippen MR) is 86.6 cm³/mol. The lowest BCUT2D eigenvalue weighted by Crippen LogP contribution is -1.89. The maximum absolute atomic E-state index is 9.54. The zero-order chi connectivity index (χ0) is 16.2. The van der Waals surface area contributed by atoms with Crippen molar-refractivity contribution in [2.24, 2.45) is 0 Å². The van der Waals surface area contributed by atoms with Crippen LogP contribution in [-0.2, 0) is 0 Å². The van der Waals surface area contributed by atoms with E-state index in [0.29, 0.717) is 5.56 Å². The van der Waals surface area contributed by atoms with Crippen LogP contribution < -0.4 is 0 Å². The molecule has 3 aromatic rings. The Kier molecular flexibility index (Phi) is 3.63. The third-order valence-corrected chi connectivity index (χ3v) is 3.60. The first kappa shape index (κ1) is 14.1. The lowest BCUT2D eigenvalue weighted by atomic mass is 9.95. The van der Waals surface area contributed by atoms with Crippen LogP contribution in [0.4, 0.5) is 0 Å². The average Bonchev–Trinajstić information content (AvgIpc) is 2.99.